The van der Waals surface area contributed by atoms with Gasteiger partial charge in [-0.2, -0.15) is 4.39 Å². The van der Waals surface area contributed by atoms with Crippen molar-refractivity contribution in [1.29, 1.82) is 0 Å². The summed E-state index contributed by atoms with van der Waals surface area (Å²) in [7, 11) is 0. The third kappa shape index (κ3) is 1.28. The maximum Gasteiger partial charge on any atom is 0.238 e. The van der Waals surface area contributed by atoms with E-state index in [0.29, 0.717) is 5.69 Å². The van der Waals surface area contributed by atoms with Gasteiger partial charge >= 0.3 is 0 Å². The van der Waals surface area contributed by atoms with Crippen molar-refractivity contribution < 1.29 is 4.39 Å². The van der Waals surface area contributed by atoms with Gasteiger partial charge in [0.25, 0.3) is 0 Å². The zero-order valence-corrected chi connectivity index (χ0v) is 6.98. The van der Waals surface area contributed by atoms with Crippen LogP contribution in [0, 0.1) is 12.9 Å². The number of pyridine rings is 1. The molecule has 2 aromatic rings. The molecule has 0 saturated carbocycles. The minimum Gasteiger partial charge on any atom is -0.226 e. The van der Waals surface area contributed by atoms with Crippen molar-refractivity contribution in [2.75, 3.05) is 0 Å². The third-order valence-electron chi connectivity index (χ3n) is 1.69. The quantitative estimate of drug-likeness (QED) is 0.614. The number of hydrogen-bond donors (Lipinski definition) is 0. The van der Waals surface area contributed by atoms with E-state index in [2.05, 4.69) is 15.3 Å². The predicted molar refractivity (Wildman–Crippen MR) is 43.8 cm³/mol. The van der Waals surface area contributed by atoms with Crippen molar-refractivity contribution in [3.05, 3.63) is 36.2 Å². The Bertz CT molecular complexity index is 424. The van der Waals surface area contributed by atoms with Crippen LogP contribution in [0.15, 0.2) is 24.5 Å². The van der Waals surface area contributed by atoms with Crippen LogP contribution in [0.3, 0.4) is 0 Å². The topological polar surface area (TPSA) is 43.6 Å². The van der Waals surface area contributed by atoms with E-state index in [4.69, 9.17) is 0 Å². The minimum atomic E-state index is -0.545. The smallest absolute Gasteiger partial charge is 0.226 e. The van der Waals surface area contributed by atoms with E-state index < -0.39 is 5.95 Å². The zero-order valence-electron chi connectivity index (χ0n) is 6.98. The van der Waals surface area contributed by atoms with Gasteiger partial charge in [0.2, 0.25) is 5.95 Å². The lowest BCUT2D eigenvalue weighted by atomic mass is 10.4. The van der Waals surface area contributed by atoms with Crippen molar-refractivity contribution in [1.82, 2.24) is 20.0 Å². The SMILES string of the molecule is Cc1cnnn1-c1cccnc1F. The summed E-state index contributed by atoms with van der Waals surface area (Å²) in [6, 6.07) is 3.25. The summed E-state index contributed by atoms with van der Waals surface area (Å²) < 4.78 is 14.5. The Kier molecular flexibility index (Phi) is 1.77. The number of nitrogens with zero attached hydrogens (tertiary/aromatic N) is 4. The predicted octanol–water partition coefficient (Wildman–Crippen LogP) is 1.11. The number of hydrogen-bond acceptors (Lipinski definition) is 3. The maximum atomic E-state index is 13.1. The fraction of sp³-hybridized carbons (Fsp3) is 0.125. The summed E-state index contributed by atoms with van der Waals surface area (Å²) in [5, 5.41) is 7.39. The molecule has 0 atom stereocenters. The van der Waals surface area contributed by atoms with Crippen molar-refractivity contribution >= 4 is 0 Å². The highest BCUT2D eigenvalue weighted by Crippen LogP contribution is 2.10. The molecule has 2 heterocycles. The molecule has 13 heavy (non-hydrogen) atoms. The van der Waals surface area contributed by atoms with Crippen LogP contribution in [0.25, 0.3) is 5.69 Å². The summed E-state index contributed by atoms with van der Waals surface area (Å²) in [5.74, 6) is -0.545. The monoisotopic (exact) mass is 178 g/mol. The van der Waals surface area contributed by atoms with Crippen molar-refractivity contribution in [3.8, 4) is 5.69 Å². The molecule has 2 aromatic heterocycles. The highest BCUT2D eigenvalue weighted by Gasteiger charge is 2.07. The summed E-state index contributed by atoms with van der Waals surface area (Å²) in [4.78, 5) is 3.52. The molecular formula is C8H7FN4. The Morgan fingerprint density at radius 2 is 2.31 bits per heavy atom. The maximum absolute atomic E-state index is 13.1. The van der Waals surface area contributed by atoms with E-state index in [9.17, 15) is 4.39 Å². The van der Waals surface area contributed by atoms with Crippen LogP contribution in [0.5, 0.6) is 0 Å². The molecule has 5 heteroatoms. The van der Waals surface area contributed by atoms with Crippen molar-refractivity contribution in [2.45, 2.75) is 6.92 Å². The Labute approximate surface area is 74.0 Å². The Hall–Kier alpha value is -1.78. The van der Waals surface area contributed by atoms with Gasteiger partial charge in [0.15, 0.2) is 0 Å². The highest BCUT2D eigenvalue weighted by molar-refractivity contribution is 5.29. The lowest BCUT2D eigenvalue weighted by Gasteiger charge is -2.01. The molecule has 66 valence electrons. The molecule has 0 fully saturated rings. The third-order valence-corrected chi connectivity index (χ3v) is 1.69. The van der Waals surface area contributed by atoms with Gasteiger partial charge in [-0.25, -0.2) is 9.67 Å². The van der Waals surface area contributed by atoms with Gasteiger partial charge in [-0.05, 0) is 19.1 Å². The summed E-state index contributed by atoms with van der Waals surface area (Å²) in [6.07, 6.45) is 2.96. The molecule has 0 aliphatic rings. The first-order valence-corrected chi connectivity index (χ1v) is 3.77. The molecule has 0 saturated heterocycles. The molecule has 0 aromatic carbocycles. The largest absolute Gasteiger partial charge is 0.238 e. The second-order valence-corrected chi connectivity index (χ2v) is 2.60. The first-order chi connectivity index (χ1) is 6.29. The van der Waals surface area contributed by atoms with Crippen molar-refractivity contribution in [2.24, 2.45) is 0 Å². The van der Waals surface area contributed by atoms with Gasteiger partial charge in [-0.3, -0.25) is 0 Å². The second-order valence-electron chi connectivity index (χ2n) is 2.60. The molecule has 0 amide bonds. The number of aromatic nitrogens is 4. The van der Waals surface area contributed by atoms with E-state index in [1.807, 2.05) is 0 Å². The van der Waals surface area contributed by atoms with Crippen LogP contribution < -0.4 is 0 Å². The average Bonchev–Trinajstić information content (AvgIpc) is 2.52. The summed E-state index contributed by atoms with van der Waals surface area (Å²) in [5.41, 5.74) is 1.09. The van der Waals surface area contributed by atoms with Gasteiger partial charge in [-0.1, -0.05) is 5.21 Å². The van der Waals surface area contributed by atoms with Crippen LogP contribution in [-0.2, 0) is 0 Å². The highest BCUT2D eigenvalue weighted by atomic mass is 19.1. The number of aryl methyl sites for hydroxylation is 1. The van der Waals surface area contributed by atoms with E-state index in [0.717, 1.165) is 5.69 Å². The minimum absolute atomic E-state index is 0.317. The molecule has 0 bridgehead atoms. The van der Waals surface area contributed by atoms with E-state index >= 15 is 0 Å². The fourth-order valence-electron chi connectivity index (χ4n) is 1.06. The molecular weight excluding hydrogens is 171 g/mol. The standard InChI is InChI=1S/C8H7FN4/c1-6-5-11-12-13(6)7-3-2-4-10-8(7)9/h2-5H,1H3. The molecule has 0 N–H and O–H groups in total. The first-order valence-electron chi connectivity index (χ1n) is 3.77. The van der Waals surface area contributed by atoms with E-state index in [-0.39, 0.29) is 0 Å². The molecule has 0 unspecified atom stereocenters. The molecule has 0 spiro atoms. The molecule has 0 aliphatic heterocycles. The Morgan fingerprint density at radius 1 is 1.46 bits per heavy atom. The zero-order chi connectivity index (χ0) is 9.26. The molecule has 2 rings (SSSR count). The molecule has 0 aliphatic carbocycles. The van der Waals surface area contributed by atoms with Crippen LogP contribution >= 0.6 is 0 Å². The summed E-state index contributed by atoms with van der Waals surface area (Å²) in [6.45, 7) is 1.80. The summed E-state index contributed by atoms with van der Waals surface area (Å²) >= 11 is 0. The van der Waals surface area contributed by atoms with Gasteiger partial charge in [-0.15, -0.1) is 5.10 Å². The normalized spacial score (nSPS) is 10.3. The number of rotatable bonds is 1. The van der Waals surface area contributed by atoms with Crippen molar-refractivity contribution in [3.63, 3.8) is 0 Å². The molecule has 4 nitrogen and oxygen atoms in total. The molecule has 0 radical (unpaired) electrons. The van der Waals surface area contributed by atoms with Crippen LogP contribution in [0.4, 0.5) is 4.39 Å². The lowest BCUT2D eigenvalue weighted by Crippen LogP contribution is -2.02. The van der Waals surface area contributed by atoms with Gasteiger partial charge in [0.1, 0.15) is 5.69 Å². The second kappa shape index (κ2) is 2.93. The van der Waals surface area contributed by atoms with Gasteiger partial charge < -0.3 is 0 Å². The average molecular weight is 178 g/mol. The van der Waals surface area contributed by atoms with Gasteiger partial charge in [0.05, 0.1) is 11.9 Å². The van der Waals surface area contributed by atoms with E-state index in [1.54, 1.807) is 25.3 Å². The fourth-order valence-corrected chi connectivity index (χ4v) is 1.06. The Balaban J connectivity index is 2.59. The van der Waals surface area contributed by atoms with Crippen LogP contribution in [0.1, 0.15) is 5.69 Å². The Morgan fingerprint density at radius 3 is 2.92 bits per heavy atom. The van der Waals surface area contributed by atoms with Gasteiger partial charge in [0, 0.05) is 6.20 Å². The van der Waals surface area contributed by atoms with Crippen LogP contribution in [0.2, 0.25) is 0 Å². The van der Waals surface area contributed by atoms with Crippen LogP contribution in [-0.4, -0.2) is 20.0 Å². The lowest BCUT2D eigenvalue weighted by molar-refractivity contribution is 0.564. The first kappa shape index (κ1) is 7.85. The van der Waals surface area contributed by atoms with E-state index in [1.165, 1.54) is 10.9 Å². The number of halogens is 1.